The number of hydrogen-bond acceptors (Lipinski definition) is 2. The molecule has 0 radical (unpaired) electrons. The molecule has 3 heteroatoms. The predicted molar refractivity (Wildman–Crippen MR) is 46.8 cm³/mol. The summed E-state index contributed by atoms with van der Waals surface area (Å²) in [6.45, 7) is 7.93. The van der Waals surface area contributed by atoms with Crippen molar-refractivity contribution in [3.8, 4) is 0 Å². The first-order chi connectivity index (χ1) is 5.52. The zero-order chi connectivity index (χ0) is 9.30. The molecule has 1 aliphatic heterocycles. The number of hydrogen-bond donors (Lipinski definition) is 1. The first-order valence-electron chi connectivity index (χ1n) is 4.48. The van der Waals surface area contributed by atoms with Gasteiger partial charge in [-0.15, -0.1) is 0 Å². The van der Waals surface area contributed by atoms with Crippen molar-refractivity contribution < 1.29 is 9.53 Å². The van der Waals surface area contributed by atoms with Gasteiger partial charge in [-0.05, 0) is 19.8 Å². The molecule has 0 spiro atoms. The van der Waals surface area contributed by atoms with E-state index in [-0.39, 0.29) is 30.1 Å². The molecule has 1 aliphatic rings. The van der Waals surface area contributed by atoms with Gasteiger partial charge < -0.3 is 10.1 Å². The molecular weight excluding hydrogens is 154 g/mol. The van der Waals surface area contributed by atoms with Gasteiger partial charge >= 0.3 is 0 Å². The third kappa shape index (κ3) is 1.78. The van der Waals surface area contributed by atoms with E-state index in [1.165, 1.54) is 0 Å². The van der Waals surface area contributed by atoms with Crippen molar-refractivity contribution in [3.05, 3.63) is 0 Å². The molecule has 1 rings (SSSR count). The molecule has 0 aromatic carbocycles. The maximum absolute atomic E-state index is 11.4. The second-order valence-electron chi connectivity index (χ2n) is 3.80. The SMILES string of the molecule is CC(C)C1OC(C)C(C)NC1=O. The molecule has 3 unspecified atom stereocenters. The highest BCUT2D eigenvalue weighted by molar-refractivity contribution is 5.82. The number of carbonyl (C=O) groups excluding carboxylic acids is 1. The normalized spacial score (nSPS) is 36.8. The minimum Gasteiger partial charge on any atom is -0.363 e. The van der Waals surface area contributed by atoms with E-state index in [0.29, 0.717) is 0 Å². The van der Waals surface area contributed by atoms with Crippen LogP contribution in [0, 0.1) is 5.92 Å². The second kappa shape index (κ2) is 3.44. The van der Waals surface area contributed by atoms with Gasteiger partial charge in [-0.25, -0.2) is 0 Å². The maximum Gasteiger partial charge on any atom is 0.249 e. The molecule has 1 fully saturated rings. The highest BCUT2D eigenvalue weighted by Crippen LogP contribution is 2.16. The Morgan fingerprint density at radius 3 is 2.50 bits per heavy atom. The molecule has 70 valence electrons. The lowest BCUT2D eigenvalue weighted by atomic mass is 10.0. The summed E-state index contributed by atoms with van der Waals surface area (Å²) >= 11 is 0. The van der Waals surface area contributed by atoms with Crippen molar-refractivity contribution in [1.29, 1.82) is 0 Å². The monoisotopic (exact) mass is 171 g/mol. The van der Waals surface area contributed by atoms with E-state index < -0.39 is 0 Å². The van der Waals surface area contributed by atoms with E-state index in [0.717, 1.165) is 0 Å². The van der Waals surface area contributed by atoms with Crippen molar-refractivity contribution in [2.45, 2.75) is 45.9 Å². The standard InChI is InChI=1S/C9H17NO2/c1-5(2)8-9(11)10-6(3)7(4)12-8/h5-8H,1-4H3,(H,10,11). The average Bonchev–Trinajstić information content (AvgIpc) is 1.96. The molecule has 12 heavy (non-hydrogen) atoms. The lowest BCUT2D eigenvalue weighted by Crippen LogP contribution is -2.55. The van der Waals surface area contributed by atoms with Gasteiger partial charge in [0.25, 0.3) is 0 Å². The van der Waals surface area contributed by atoms with Gasteiger partial charge in [0.1, 0.15) is 6.10 Å². The summed E-state index contributed by atoms with van der Waals surface area (Å²) in [6.07, 6.45) is -0.147. The number of carbonyl (C=O) groups is 1. The van der Waals surface area contributed by atoms with E-state index in [4.69, 9.17) is 4.74 Å². The van der Waals surface area contributed by atoms with Crippen LogP contribution in [0.3, 0.4) is 0 Å². The summed E-state index contributed by atoms with van der Waals surface area (Å²) in [5, 5.41) is 2.90. The topological polar surface area (TPSA) is 38.3 Å². The number of amides is 1. The van der Waals surface area contributed by atoms with Crippen LogP contribution in [0.15, 0.2) is 0 Å². The van der Waals surface area contributed by atoms with Crippen LogP contribution in [-0.2, 0) is 9.53 Å². The van der Waals surface area contributed by atoms with Gasteiger partial charge in [-0.1, -0.05) is 13.8 Å². The van der Waals surface area contributed by atoms with Crippen LogP contribution < -0.4 is 5.32 Å². The number of nitrogens with one attached hydrogen (secondary N) is 1. The quantitative estimate of drug-likeness (QED) is 0.637. The summed E-state index contributed by atoms with van der Waals surface area (Å²) in [7, 11) is 0. The summed E-state index contributed by atoms with van der Waals surface area (Å²) in [4.78, 5) is 11.4. The Labute approximate surface area is 73.5 Å². The van der Waals surface area contributed by atoms with E-state index in [9.17, 15) is 4.79 Å². The molecule has 3 nitrogen and oxygen atoms in total. The van der Waals surface area contributed by atoms with Gasteiger partial charge in [-0.2, -0.15) is 0 Å². The van der Waals surface area contributed by atoms with E-state index >= 15 is 0 Å². The Hall–Kier alpha value is -0.570. The zero-order valence-electron chi connectivity index (χ0n) is 8.13. The Morgan fingerprint density at radius 2 is 2.00 bits per heavy atom. The van der Waals surface area contributed by atoms with Crippen LogP contribution in [0.5, 0.6) is 0 Å². The largest absolute Gasteiger partial charge is 0.363 e. The maximum atomic E-state index is 11.4. The van der Waals surface area contributed by atoms with Gasteiger partial charge in [-0.3, -0.25) is 4.79 Å². The molecule has 1 heterocycles. The fourth-order valence-electron chi connectivity index (χ4n) is 1.29. The van der Waals surface area contributed by atoms with Gasteiger partial charge in [0, 0.05) is 0 Å². The lowest BCUT2D eigenvalue weighted by molar-refractivity contribution is -0.151. The number of ether oxygens (including phenoxy) is 1. The van der Waals surface area contributed by atoms with Crippen LogP contribution in [0.1, 0.15) is 27.7 Å². The molecule has 0 aromatic heterocycles. The van der Waals surface area contributed by atoms with Crippen molar-refractivity contribution in [3.63, 3.8) is 0 Å². The molecule has 0 aromatic rings. The fourth-order valence-corrected chi connectivity index (χ4v) is 1.29. The van der Waals surface area contributed by atoms with E-state index in [2.05, 4.69) is 5.32 Å². The molecule has 1 amide bonds. The van der Waals surface area contributed by atoms with E-state index in [1.54, 1.807) is 0 Å². The van der Waals surface area contributed by atoms with Crippen molar-refractivity contribution in [2.24, 2.45) is 5.92 Å². The molecule has 1 saturated heterocycles. The van der Waals surface area contributed by atoms with Gasteiger partial charge in [0.05, 0.1) is 12.1 Å². The zero-order valence-corrected chi connectivity index (χ0v) is 8.13. The summed E-state index contributed by atoms with van der Waals surface area (Å²) < 4.78 is 5.56. The second-order valence-corrected chi connectivity index (χ2v) is 3.80. The summed E-state index contributed by atoms with van der Waals surface area (Å²) in [5.41, 5.74) is 0. The number of morpholine rings is 1. The van der Waals surface area contributed by atoms with Crippen LogP contribution in [-0.4, -0.2) is 24.2 Å². The first kappa shape index (κ1) is 9.52. The summed E-state index contributed by atoms with van der Waals surface area (Å²) in [5.74, 6) is 0.274. The minimum atomic E-state index is -0.267. The highest BCUT2D eigenvalue weighted by Gasteiger charge is 2.33. The van der Waals surface area contributed by atoms with Crippen LogP contribution in [0.2, 0.25) is 0 Å². The van der Waals surface area contributed by atoms with Crippen LogP contribution in [0.25, 0.3) is 0 Å². The Kier molecular flexibility index (Phi) is 2.73. The third-order valence-electron chi connectivity index (χ3n) is 2.30. The molecule has 3 atom stereocenters. The van der Waals surface area contributed by atoms with E-state index in [1.807, 2.05) is 27.7 Å². The fraction of sp³-hybridized carbons (Fsp3) is 0.889. The highest BCUT2D eigenvalue weighted by atomic mass is 16.5. The third-order valence-corrected chi connectivity index (χ3v) is 2.30. The van der Waals surface area contributed by atoms with Crippen LogP contribution in [0.4, 0.5) is 0 Å². The summed E-state index contributed by atoms with van der Waals surface area (Å²) in [6, 6.07) is 0.132. The van der Waals surface area contributed by atoms with Crippen molar-refractivity contribution in [2.75, 3.05) is 0 Å². The van der Waals surface area contributed by atoms with Crippen molar-refractivity contribution in [1.82, 2.24) is 5.32 Å². The van der Waals surface area contributed by atoms with Crippen LogP contribution >= 0.6 is 0 Å². The van der Waals surface area contributed by atoms with Gasteiger partial charge in [0.15, 0.2) is 0 Å². The molecule has 0 bridgehead atoms. The Morgan fingerprint density at radius 1 is 1.42 bits per heavy atom. The number of rotatable bonds is 1. The first-order valence-corrected chi connectivity index (χ1v) is 4.48. The Balaban J connectivity index is 2.62. The lowest BCUT2D eigenvalue weighted by Gasteiger charge is -2.34. The molecule has 0 aliphatic carbocycles. The minimum absolute atomic E-state index is 0.0237. The molecule has 1 N–H and O–H groups in total. The van der Waals surface area contributed by atoms with Crippen molar-refractivity contribution >= 4 is 5.91 Å². The van der Waals surface area contributed by atoms with Gasteiger partial charge in [0.2, 0.25) is 5.91 Å². The molecule has 0 saturated carbocycles. The smallest absolute Gasteiger partial charge is 0.249 e. The molecular formula is C9H17NO2. The predicted octanol–water partition coefficient (Wildman–Crippen LogP) is 0.934. The Bertz CT molecular complexity index is 179. The average molecular weight is 171 g/mol.